The molecule has 1 fully saturated rings. The molecule has 0 spiro atoms. The van der Waals surface area contributed by atoms with Gasteiger partial charge in [-0.1, -0.05) is 0 Å². The SMILES string of the molecule is Cc1ccc(S(=O)(=O)NCCN(C2CC2)S(C)(=O)=O)s1. The van der Waals surface area contributed by atoms with Gasteiger partial charge in [0.25, 0.3) is 0 Å². The molecule has 0 aromatic carbocycles. The zero-order chi connectivity index (χ0) is 15.0. The summed E-state index contributed by atoms with van der Waals surface area (Å²) in [7, 11) is -6.82. The van der Waals surface area contributed by atoms with Crippen molar-refractivity contribution in [3.8, 4) is 0 Å². The summed E-state index contributed by atoms with van der Waals surface area (Å²) in [5.74, 6) is 0. The first-order valence-corrected chi connectivity index (χ1v) is 10.4. The second kappa shape index (κ2) is 5.72. The van der Waals surface area contributed by atoms with Crippen LogP contribution in [0.15, 0.2) is 16.3 Å². The van der Waals surface area contributed by atoms with E-state index in [2.05, 4.69) is 4.72 Å². The van der Waals surface area contributed by atoms with Crippen molar-refractivity contribution < 1.29 is 16.8 Å². The molecular weight excluding hydrogens is 320 g/mol. The molecule has 20 heavy (non-hydrogen) atoms. The van der Waals surface area contributed by atoms with Gasteiger partial charge < -0.3 is 0 Å². The van der Waals surface area contributed by atoms with Crippen LogP contribution in [0.1, 0.15) is 17.7 Å². The van der Waals surface area contributed by atoms with E-state index in [-0.39, 0.29) is 23.3 Å². The largest absolute Gasteiger partial charge is 0.250 e. The van der Waals surface area contributed by atoms with Gasteiger partial charge in [0.15, 0.2) is 0 Å². The molecule has 1 aliphatic rings. The van der Waals surface area contributed by atoms with Crippen LogP contribution >= 0.6 is 11.3 Å². The first-order chi connectivity index (χ1) is 9.20. The van der Waals surface area contributed by atoms with Crippen LogP contribution in [-0.2, 0) is 20.0 Å². The number of rotatable bonds is 7. The van der Waals surface area contributed by atoms with E-state index in [9.17, 15) is 16.8 Å². The summed E-state index contributed by atoms with van der Waals surface area (Å²) in [6.07, 6.45) is 2.86. The molecule has 0 bridgehead atoms. The predicted molar refractivity (Wildman–Crippen MR) is 78.8 cm³/mol. The first-order valence-electron chi connectivity index (χ1n) is 6.23. The Hall–Kier alpha value is -0.480. The predicted octanol–water partition coefficient (Wildman–Crippen LogP) is 0.759. The van der Waals surface area contributed by atoms with E-state index in [1.807, 2.05) is 6.92 Å². The molecule has 0 atom stereocenters. The molecule has 1 heterocycles. The highest BCUT2D eigenvalue weighted by atomic mass is 32.2. The first kappa shape index (κ1) is 15.9. The maximum Gasteiger partial charge on any atom is 0.250 e. The van der Waals surface area contributed by atoms with Crippen LogP contribution in [0, 0.1) is 6.92 Å². The molecule has 1 saturated carbocycles. The Labute approximate surface area is 123 Å². The number of nitrogens with zero attached hydrogens (tertiary/aromatic N) is 1. The van der Waals surface area contributed by atoms with Crippen molar-refractivity contribution >= 4 is 31.4 Å². The molecule has 114 valence electrons. The number of hydrogen-bond donors (Lipinski definition) is 1. The number of nitrogens with one attached hydrogen (secondary N) is 1. The third-order valence-electron chi connectivity index (χ3n) is 2.98. The van der Waals surface area contributed by atoms with Crippen LogP contribution < -0.4 is 4.72 Å². The zero-order valence-corrected chi connectivity index (χ0v) is 13.8. The Kier molecular flexibility index (Phi) is 4.55. The second-order valence-corrected chi connectivity index (χ2v) is 10.1. The minimum Gasteiger partial charge on any atom is -0.212 e. The monoisotopic (exact) mass is 338 g/mol. The lowest BCUT2D eigenvalue weighted by Crippen LogP contribution is -2.39. The van der Waals surface area contributed by atoms with Crippen molar-refractivity contribution in [3.05, 3.63) is 17.0 Å². The van der Waals surface area contributed by atoms with E-state index in [0.717, 1.165) is 24.0 Å². The fourth-order valence-electron chi connectivity index (χ4n) is 1.90. The highest BCUT2D eigenvalue weighted by Crippen LogP contribution is 2.28. The Balaban J connectivity index is 1.95. The zero-order valence-electron chi connectivity index (χ0n) is 11.4. The summed E-state index contributed by atoms with van der Waals surface area (Å²) in [6.45, 7) is 2.10. The standard InChI is InChI=1S/C11H18N2O4S3/c1-9-3-6-11(18-9)20(16,17)12-7-8-13(10-4-5-10)19(2,14)15/h3,6,10,12H,4-5,7-8H2,1-2H3. The van der Waals surface area contributed by atoms with Crippen molar-refractivity contribution in [2.75, 3.05) is 19.3 Å². The Morgan fingerprint density at radius 3 is 2.40 bits per heavy atom. The molecule has 1 N–H and O–H groups in total. The number of hydrogen-bond acceptors (Lipinski definition) is 5. The van der Waals surface area contributed by atoms with Gasteiger partial charge in [-0.05, 0) is 31.9 Å². The summed E-state index contributed by atoms with van der Waals surface area (Å²) >= 11 is 1.20. The summed E-state index contributed by atoms with van der Waals surface area (Å²) in [5.41, 5.74) is 0. The van der Waals surface area contributed by atoms with Crippen LogP contribution in [0.5, 0.6) is 0 Å². The normalized spacial score (nSPS) is 16.8. The average molecular weight is 338 g/mol. The number of thiophene rings is 1. The second-order valence-electron chi connectivity index (χ2n) is 4.87. The van der Waals surface area contributed by atoms with Crippen LogP contribution in [0.4, 0.5) is 0 Å². The lowest BCUT2D eigenvalue weighted by molar-refractivity contribution is 0.410. The summed E-state index contributed by atoms with van der Waals surface area (Å²) < 4.78 is 51.2. The van der Waals surface area contributed by atoms with Gasteiger partial charge in [-0.3, -0.25) is 0 Å². The molecule has 9 heteroatoms. The Morgan fingerprint density at radius 1 is 1.30 bits per heavy atom. The smallest absolute Gasteiger partial charge is 0.212 e. The maximum atomic E-state index is 12.0. The fraction of sp³-hybridized carbons (Fsp3) is 0.636. The molecule has 1 aliphatic carbocycles. The number of aryl methyl sites for hydroxylation is 1. The van der Waals surface area contributed by atoms with Crippen molar-refractivity contribution in [2.24, 2.45) is 0 Å². The molecular formula is C11H18N2O4S3. The molecule has 6 nitrogen and oxygen atoms in total. The van der Waals surface area contributed by atoms with Gasteiger partial charge in [-0.25, -0.2) is 21.6 Å². The van der Waals surface area contributed by atoms with Gasteiger partial charge in [-0.15, -0.1) is 11.3 Å². The van der Waals surface area contributed by atoms with Crippen LogP contribution in [0.2, 0.25) is 0 Å². The molecule has 0 radical (unpaired) electrons. The van der Waals surface area contributed by atoms with E-state index < -0.39 is 20.0 Å². The highest BCUT2D eigenvalue weighted by Gasteiger charge is 2.34. The van der Waals surface area contributed by atoms with Gasteiger partial charge in [-0.2, -0.15) is 4.31 Å². The molecule has 0 aliphatic heterocycles. The molecule has 0 saturated heterocycles. The van der Waals surface area contributed by atoms with E-state index in [1.165, 1.54) is 15.6 Å². The van der Waals surface area contributed by atoms with E-state index in [0.29, 0.717) is 0 Å². The Morgan fingerprint density at radius 2 is 1.95 bits per heavy atom. The highest BCUT2D eigenvalue weighted by molar-refractivity contribution is 7.91. The van der Waals surface area contributed by atoms with Gasteiger partial charge in [0.2, 0.25) is 20.0 Å². The lowest BCUT2D eigenvalue weighted by atomic mass is 10.5. The van der Waals surface area contributed by atoms with Crippen LogP contribution in [0.3, 0.4) is 0 Å². The third kappa shape index (κ3) is 4.01. The number of sulfonamides is 2. The third-order valence-corrected chi connectivity index (χ3v) is 7.27. The van der Waals surface area contributed by atoms with Crippen molar-refractivity contribution in [1.29, 1.82) is 0 Å². The topological polar surface area (TPSA) is 83.6 Å². The molecule has 2 rings (SSSR count). The van der Waals surface area contributed by atoms with E-state index >= 15 is 0 Å². The lowest BCUT2D eigenvalue weighted by Gasteiger charge is -2.19. The fourth-order valence-corrected chi connectivity index (χ4v) is 5.42. The van der Waals surface area contributed by atoms with Gasteiger partial charge in [0, 0.05) is 24.0 Å². The minimum atomic E-state index is -3.54. The van der Waals surface area contributed by atoms with Crippen molar-refractivity contribution in [3.63, 3.8) is 0 Å². The minimum absolute atomic E-state index is 0.0403. The summed E-state index contributed by atoms with van der Waals surface area (Å²) in [5, 5.41) is 0. The van der Waals surface area contributed by atoms with E-state index in [1.54, 1.807) is 12.1 Å². The van der Waals surface area contributed by atoms with E-state index in [4.69, 9.17) is 0 Å². The molecule has 1 aromatic rings. The van der Waals surface area contributed by atoms with Gasteiger partial charge in [0.05, 0.1) is 6.26 Å². The van der Waals surface area contributed by atoms with Gasteiger partial charge in [0.1, 0.15) is 4.21 Å². The molecule has 1 aromatic heterocycles. The average Bonchev–Trinajstić information content (AvgIpc) is 3.04. The molecule has 0 amide bonds. The van der Waals surface area contributed by atoms with Crippen molar-refractivity contribution in [2.45, 2.75) is 30.0 Å². The quantitative estimate of drug-likeness (QED) is 0.795. The van der Waals surface area contributed by atoms with Crippen molar-refractivity contribution in [1.82, 2.24) is 9.03 Å². The summed E-state index contributed by atoms with van der Waals surface area (Å²) in [4.78, 5) is 0.918. The molecule has 0 unspecified atom stereocenters. The van der Waals surface area contributed by atoms with Gasteiger partial charge >= 0.3 is 0 Å². The van der Waals surface area contributed by atoms with Crippen LogP contribution in [0.25, 0.3) is 0 Å². The summed E-state index contributed by atoms with van der Waals surface area (Å²) in [6, 6.07) is 3.34. The maximum absolute atomic E-state index is 12.0. The van der Waals surface area contributed by atoms with Crippen LogP contribution in [-0.4, -0.2) is 46.5 Å². The Bertz CT molecular complexity index is 674.